The van der Waals surface area contributed by atoms with E-state index in [-0.39, 0.29) is 5.91 Å². The van der Waals surface area contributed by atoms with Crippen LogP contribution in [0.4, 0.5) is 5.69 Å². The van der Waals surface area contributed by atoms with Gasteiger partial charge in [0.15, 0.2) is 4.98 Å². The van der Waals surface area contributed by atoms with Crippen LogP contribution in [-0.4, -0.2) is 5.91 Å². The summed E-state index contributed by atoms with van der Waals surface area (Å²) in [5, 5.41) is 8.52. The standard InChI is InChI=1S/C13H11N2O.C2H5NO/c14-15-12-6-8-13(9-7-12)16-10-11-4-2-1-3-5-11;1-2(3)4/h1-9H,10H2;1H3,(H2,3,4)/q+1;. The van der Waals surface area contributed by atoms with Crippen LogP contribution in [0.25, 0.3) is 4.98 Å². The smallest absolute Gasteiger partial charge is 0.385 e. The van der Waals surface area contributed by atoms with E-state index in [2.05, 4.69) is 10.7 Å². The Bertz CT molecular complexity index is 570. The first kappa shape index (κ1) is 15.2. The van der Waals surface area contributed by atoms with Crippen molar-refractivity contribution in [2.45, 2.75) is 13.5 Å². The molecule has 20 heavy (non-hydrogen) atoms. The third kappa shape index (κ3) is 6.17. The maximum Gasteiger partial charge on any atom is 0.385 e. The largest absolute Gasteiger partial charge is 0.489 e. The van der Waals surface area contributed by atoms with Crippen LogP contribution in [0, 0.1) is 5.39 Å². The molecular formula is C15H16N3O2+. The molecule has 0 fully saturated rings. The highest BCUT2D eigenvalue weighted by atomic mass is 16.5. The molecular weight excluding hydrogens is 254 g/mol. The van der Waals surface area contributed by atoms with Crippen molar-refractivity contribution < 1.29 is 9.53 Å². The number of nitrogens with two attached hydrogens (primary N) is 1. The molecule has 0 spiro atoms. The minimum atomic E-state index is -0.333. The van der Waals surface area contributed by atoms with E-state index in [0.29, 0.717) is 12.3 Å². The van der Waals surface area contributed by atoms with Crippen molar-refractivity contribution in [1.29, 1.82) is 5.39 Å². The molecule has 0 atom stereocenters. The van der Waals surface area contributed by atoms with Gasteiger partial charge in [-0.25, -0.2) is 0 Å². The van der Waals surface area contributed by atoms with Crippen molar-refractivity contribution in [1.82, 2.24) is 0 Å². The van der Waals surface area contributed by atoms with Gasteiger partial charge in [0.05, 0.1) is 0 Å². The molecule has 0 saturated heterocycles. The lowest BCUT2D eigenvalue weighted by Crippen LogP contribution is -2.01. The number of carbonyl (C=O) groups excluding carboxylic acids is 1. The fourth-order valence-corrected chi connectivity index (χ4v) is 1.35. The topological polar surface area (TPSA) is 80.5 Å². The number of rotatable bonds is 3. The predicted octanol–water partition coefficient (Wildman–Crippen LogP) is 3.24. The van der Waals surface area contributed by atoms with Gasteiger partial charge in [0.1, 0.15) is 12.4 Å². The van der Waals surface area contributed by atoms with E-state index in [4.69, 9.17) is 10.1 Å². The predicted molar refractivity (Wildman–Crippen MR) is 76.8 cm³/mol. The number of diazo groups is 1. The number of amides is 1. The van der Waals surface area contributed by atoms with Crippen molar-refractivity contribution in [2.75, 3.05) is 0 Å². The van der Waals surface area contributed by atoms with Crippen LogP contribution in [-0.2, 0) is 11.4 Å². The third-order valence-electron chi connectivity index (χ3n) is 2.20. The monoisotopic (exact) mass is 270 g/mol. The van der Waals surface area contributed by atoms with Crippen LogP contribution < -0.4 is 10.5 Å². The number of ether oxygens (including phenoxy) is 1. The van der Waals surface area contributed by atoms with E-state index in [1.807, 2.05) is 30.3 Å². The summed E-state index contributed by atoms with van der Waals surface area (Å²) in [5.74, 6) is 0.427. The maximum atomic E-state index is 9.22. The lowest BCUT2D eigenvalue weighted by atomic mass is 10.2. The number of carbonyl (C=O) groups is 1. The summed E-state index contributed by atoms with van der Waals surface area (Å²) in [6.07, 6.45) is 0. The number of benzene rings is 2. The molecule has 0 saturated carbocycles. The number of hydrogen-bond acceptors (Lipinski definition) is 3. The average molecular weight is 270 g/mol. The summed E-state index contributed by atoms with van der Waals surface area (Å²) in [6.45, 7) is 1.84. The molecule has 0 unspecified atom stereocenters. The summed E-state index contributed by atoms with van der Waals surface area (Å²) in [7, 11) is 0. The van der Waals surface area contributed by atoms with Gasteiger partial charge >= 0.3 is 5.69 Å². The van der Waals surface area contributed by atoms with Crippen LogP contribution >= 0.6 is 0 Å². The maximum absolute atomic E-state index is 9.22. The molecule has 2 aromatic carbocycles. The molecule has 102 valence electrons. The summed E-state index contributed by atoms with van der Waals surface area (Å²) in [6, 6.07) is 16.9. The Morgan fingerprint density at radius 2 is 1.70 bits per heavy atom. The Morgan fingerprint density at radius 3 is 2.20 bits per heavy atom. The zero-order chi connectivity index (χ0) is 14.8. The first-order valence-corrected chi connectivity index (χ1v) is 5.99. The lowest BCUT2D eigenvalue weighted by molar-refractivity contribution is -0.115. The third-order valence-corrected chi connectivity index (χ3v) is 2.20. The molecule has 0 aromatic heterocycles. The molecule has 0 radical (unpaired) electrons. The first-order valence-electron chi connectivity index (χ1n) is 5.99. The van der Waals surface area contributed by atoms with Gasteiger partial charge in [0.2, 0.25) is 11.3 Å². The molecule has 2 aromatic rings. The zero-order valence-corrected chi connectivity index (χ0v) is 11.2. The summed E-state index contributed by atoms with van der Waals surface area (Å²) < 4.78 is 5.57. The quantitative estimate of drug-likeness (QED) is 0.869. The van der Waals surface area contributed by atoms with Crippen molar-refractivity contribution in [3.05, 3.63) is 65.1 Å². The van der Waals surface area contributed by atoms with Gasteiger partial charge in [-0.1, -0.05) is 30.3 Å². The van der Waals surface area contributed by atoms with Gasteiger partial charge in [0.25, 0.3) is 0 Å². The Balaban J connectivity index is 0.000000444. The first-order chi connectivity index (χ1) is 9.61. The molecule has 0 aliphatic rings. The van der Waals surface area contributed by atoms with Crippen molar-refractivity contribution >= 4 is 11.6 Å². The molecule has 0 bridgehead atoms. The van der Waals surface area contributed by atoms with Crippen LogP contribution in [0.15, 0.2) is 54.6 Å². The summed E-state index contributed by atoms with van der Waals surface area (Å²) in [4.78, 5) is 12.3. The van der Waals surface area contributed by atoms with Gasteiger partial charge in [0, 0.05) is 19.1 Å². The van der Waals surface area contributed by atoms with E-state index in [1.165, 1.54) is 6.92 Å². The van der Waals surface area contributed by atoms with Gasteiger partial charge in [-0.05, 0) is 17.7 Å². The minimum absolute atomic E-state index is 0.333. The molecule has 0 heterocycles. The molecule has 2 N–H and O–H groups in total. The van der Waals surface area contributed by atoms with Crippen molar-refractivity contribution in [3.8, 4) is 5.75 Å². The fraction of sp³-hybridized carbons (Fsp3) is 0.133. The normalized spacial score (nSPS) is 8.80. The molecule has 0 aliphatic heterocycles. The van der Waals surface area contributed by atoms with E-state index in [9.17, 15) is 4.79 Å². The Morgan fingerprint density at radius 1 is 1.15 bits per heavy atom. The minimum Gasteiger partial charge on any atom is -0.489 e. The van der Waals surface area contributed by atoms with Crippen LogP contribution in [0.3, 0.4) is 0 Å². The SMILES string of the molecule is CC(N)=O.N#[N+]c1ccc(OCc2ccccc2)cc1. The second kappa shape index (κ2) is 8.27. The van der Waals surface area contributed by atoms with Gasteiger partial charge < -0.3 is 10.5 Å². The average Bonchev–Trinajstić information content (AvgIpc) is 2.46. The highest BCUT2D eigenvalue weighted by Gasteiger charge is 2.03. The summed E-state index contributed by atoms with van der Waals surface area (Å²) >= 11 is 0. The molecule has 2 rings (SSSR count). The lowest BCUT2D eigenvalue weighted by Gasteiger charge is -2.04. The molecule has 5 nitrogen and oxygen atoms in total. The number of primary amides is 1. The van der Waals surface area contributed by atoms with Gasteiger partial charge in [-0.2, -0.15) is 0 Å². The van der Waals surface area contributed by atoms with Crippen molar-refractivity contribution in [3.63, 3.8) is 0 Å². The van der Waals surface area contributed by atoms with Crippen LogP contribution in [0.2, 0.25) is 0 Å². The Hall–Kier alpha value is -2.87. The molecule has 0 aliphatic carbocycles. The number of hydrogen-bond donors (Lipinski definition) is 1. The van der Waals surface area contributed by atoms with Gasteiger partial charge in [-0.3, -0.25) is 4.79 Å². The highest BCUT2D eigenvalue weighted by molar-refractivity contribution is 5.70. The van der Waals surface area contributed by atoms with E-state index in [1.54, 1.807) is 24.3 Å². The van der Waals surface area contributed by atoms with E-state index >= 15 is 0 Å². The highest BCUT2D eigenvalue weighted by Crippen LogP contribution is 2.18. The number of nitrogens with zero attached hydrogens (tertiary/aromatic N) is 2. The zero-order valence-electron chi connectivity index (χ0n) is 11.2. The second-order valence-electron chi connectivity index (χ2n) is 3.98. The van der Waals surface area contributed by atoms with Crippen LogP contribution in [0.1, 0.15) is 12.5 Å². The molecule has 5 heteroatoms. The second-order valence-corrected chi connectivity index (χ2v) is 3.98. The Kier molecular flexibility index (Phi) is 6.28. The Labute approximate surface area is 117 Å². The van der Waals surface area contributed by atoms with E-state index < -0.39 is 0 Å². The molecule has 1 amide bonds. The summed E-state index contributed by atoms with van der Waals surface area (Å²) in [5.41, 5.74) is 6.12. The van der Waals surface area contributed by atoms with Crippen LogP contribution in [0.5, 0.6) is 5.75 Å². The van der Waals surface area contributed by atoms with Crippen molar-refractivity contribution in [2.24, 2.45) is 5.73 Å². The fourth-order valence-electron chi connectivity index (χ4n) is 1.35. The van der Waals surface area contributed by atoms with Gasteiger partial charge in [-0.15, -0.1) is 0 Å². The van der Waals surface area contributed by atoms with E-state index in [0.717, 1.165) is 11.3 Å².